The number of carbonyl (C=O) groups is 3. The Labute approximate surface area is 203 Å². The summed E-state index contributed by atoms with van der Waals surface area (Å²) in [6, 6.07) is 17.3. The lowest BCUT2D eigenvalue weighted by molar-refractivity contribution is -0.133. The van der Waals surface area contributed by atoms with E-state index in [0.717, 1.165) is 22.3 Å². The molecule has 3 aromatic rings. The van der Waals surface area contributed by atoms with E-state index < -0.39 is 12.6 Å². The van der Waals surface area contributed by atoms with Crippen LogP contribution in [-0.2, 0) is 20.9 Å². The summed E-state index contributed by atoms with van der Waals surface area (Å²) in [6.45, 7) is 5.65. The Hall–Kier alpha value is -3.71. The van der Waals surface area contributed by atoms with Crippen LogP contribution < -0.4 is 5.32 Å². The number of benzene rings is 2. The van der Waals surface area contributed by atoms with Gasteiger partial charge in [-0.1, -0.05) is 65.7 Å². The maximum atomic E-state index is 13.1. The number of nitrogens with one attached hydrogen (secondary N) is 1. The van der Waals surface area contributed by atoms with E-state index in [0.29, 0.717) is 17.1 Å². The van der Waals surface area contributed by atoms with E-state index >= 15 is 0 Å². The number of thiophene rings is 1. The summed E-state index contributed by atoms with van der Waals surface area (Å²) >= 11 is 1.24. The molecular formula is C27H28N2O4S. The zero-order valence-electron chi connectivity index (χ0n) is 19.8. The van der Waals surface area contributed by atoms with Gasteiger partial charge < -0.3 is 15.0 Å². The summed E-state index contributed by atoms with van der Waals surface area (Å²) in [4.78, 5) is 39.5. The van der Waals surface area contributed by atoms with Crippen LogP contribution in [0.25, 0.3) is 11.1 Å². The maximum Gasteiger partial charge on any atom is 0.342 e. The van der Waals surface area contributed by atoms with Crippen LogP contribution in [0.3, 0.4) is 0 Å². The van der Waals surface area contributed by atoms with Crippen LogP contribution in [-0.4, -0.2) is 36.3 Å². The molecule has 2 aromatic carbocycles. The van der Waals surface area contributed by atoms with Crippen LogP contribution >= 0.6 is 11.3 Å². The van der Waals surface area contributed by atoms with Crippen molar-refractivity contribution in [3.63, 3.8) is 0 Å². The van der Waals surface area contributed by atoms with E-state index in [9.17, 15) is 14.4 Å². The normalized spacial score (nSPS) is 10.4. The standard InChI is InChI=1S/C27H28N2O4S/c1-18(2)14-23(30)28-26-25(22(17-34-26)21-8-6-5-7-9-21)27(32)33-16-24(31)29(4)15-20-12-10-19(3)11-13-20/h5-14,17H,15-16H2,1-4H3,(H,28,30). The van der Waals surface area contributed by atoms with E-state index in [1.54, 1.807) is 12.4 Å². The number of likely N-dealkylation sites (N-methyl/N-ethyl adjacent to an activating group) is 1. The molecule has 1 aromatic heterocycles. The molecular weight excluding hydrogens is 448 g/mol. The Kier molecular flexibility index (Phi) is 8.38. The second-order valence-corrected chi connectivity index (χ2v) is 9.12. The molecule has 0 atom stereocenters. The molecule has 0 saturated heterocycles. The van der Waals surface area contributed by atoms with E-state index in [2.05, 4.69) is 5.32 Å². The monoisotopic (exact) mass is 476 g/mol. The fraction of sp³-hybridized carbons (Fsp3) is 0.222. The van der Waals surface area contributed by atoms with E-state index in [1.807, 2.05) is 75.4 Å². The van der Waals surface area contributed by atoms with Gasteiger partial charge in [-0.25, -0.2) is 4.79 Å². The highest BCUT2D eigenvalue weighted by Gasteiger charge is 2.24. The van der Waals surface area contributed by atoms with Crippen LogP contribution in [0.2, 0.25) is 0 Å². The van der Waals surface area contributed by atoms with Crippen molar-refractivity contribution in [2.24, 2.45) is 0 Å². The Morgan fingerprint density at radius 3 is 2.35 bits per heavy atom. The van der Waals surface area contributed by atoms with Gasteiger partial charge in [0.15, 0.2) is 6.61 Å². The molecule has 3 rings (SSSR count). The first-order valence-corrected chi connectivity index (χ1v) is 11.7. The molecule has 1 heterocycles. The molecule has 2 amide bonds. The SMILES string of the molecule is CC(C)=CC(=O)Nc1scc(-c2ccccc2)c1C(=O)OCC(=O)N(C)Cc1ccc(C)cc1. The first-order chi connectivity index (χ1) is 16.2. The molecule has 6 nitrogen and oxygen atoms in total. The van der Waals surface area contributed by atoms with Crippen LogP contribution in [0.1, 0.15) is 35.3 Å². The lowest BCUT2D eigenvalue weighted by atomic mass is 10.0. The van der Waals surface area contributed by atoms with Crippen LogP contribution in [0, 0.1) is 6.92 Å². The van der Waals surface area contributed by atoms with Crippen LogP contribution in [0.4, 0.5) is 5.00 Å². The first kappa shape index (κ1) is 24.9. The number of aryl methyl sites for hydroxylation is 1. The third-order valence-electron chi connectivity index (χ3n) is 5.03. The quantitative estimate of drug-likeness (QED) is 0.347. The molecule has 0 aliphatic rings. The van der Waals surface area contributed by atoms with Gasteiger partial charge in [-0.2, -0.15) is 0 Å². The third-order valence-corrected chi connectivity index (χ3v) is 5.92. The minimum atomic E-state index is -0.662. The summed E-state index contributed by atoms with van der Waals surface area (Å²) in [6.07, 6.45) is 1.46. The maximum absolute atomic E-state index is 13.1. The number of rotatable bonds is 8. The predicted molar refractivity (Wildman–Crippen MR) is 136 cm³/mol. The summed E-state index contributed by atoms with van der Waals surface area (Å²) in [7, 11) is 1.67. The first-order valence-electron chi connectivity index (χ1n) is 10.8. The lowest BCUT2D eigenvalue weighted by Gasteiger charge is -2.17. The second kappa shape index (κ2) is 11.4. The van der Waals surface area contributed by atoms with Crippen molar-refractivity contribution >= 4 is 34.1 Å². The minimum absolute atomic E-state index is 0.237. The number of ether oxygens (including phenoxy) is 1. The van der Waals surface area contributed by atoms with Gasteiger partial charge in [0, 0.05) is 30.6 Å². The number of esters is 1. The average molecular weight is 477 g/mol. The van der Waals surface area contributed by atoms with Gasteiger partial charge in [-0.15, -0.1) is 11.3 Å². The molecule has 0 fully saturated rings. The highest BCUT2D eigenvalue weighted by Crippen LogP contribution is 2.36. The summed E-state index contributed by atoms with van der Waals surface area (Å²) in [5.41, 5.74) is 4.66. The minimum Gasteiger partial charge on any atom is -0.452 e. The van der Waals surface area contributed by atoms with Gasteiger partial charge in [0.1, 0.15) is 10.6 Å². The molecule has 0 unspecified atom stereocenters. The van der Waals surface area contributed by atoms with Crippen molar-refractivity contribution in [2.75, 3.05) is 19.0 Å². The topological polar surface area (TPSA) is 75.7 Å². The third kappa shape index (κ3) is 6.65. The van der Waals surface area contributed by atoms with E-state index in [4.69, 9.17) is 4.74 Å². The molecule has 0 bridgehead atoms. The highest BCUT2D eigenvalue weighted by molar-refractivity contribution is 7.15. The molecule has 1 N–H and O–H groups in total. The molecule has 0 aliphatic carbocycles. The predicted octanol–water partition coefficient (Wildman–Crippen LogP) is 5.44. The number of carbonyl (C=O) groups excluding carboxylic acids is 3. The van der Waals surface area contributed by atoms with Crippen molar-refractivity contribution in [3.8, 4) is 11.1 Å². The smallest absolute Gasteiger partial charge is 0.342 e. The van der Waals surface area contributed by atoms with Crippen LogP contribution in [0.15, 0.2) is 71.6 Å². The molecule has 0 spiro atoms. The van der Waals surface area contributed by atoms with Gasteiger partial charge >= 0.3 is 5.97 Å². The number of nitrogens with zero attached hydrogens (tertiary/aromatic N) is 1. The fourth-order valence-corrected chi connectivity index (χ4v) is 4.22. The lowest BCUT2D eigenvalue weighted by Crippen LogP contribution is -2.31. The molecule has 7 heteroatoms. The fourth-order valence-electron chi connectivity index (χ4n) is 3.26. The molecule has 0 radical (unpaired) electrons. The average Bonchev–Trinajstić information content (AvgIpc) is 3.22. The van der Waals surface area contributed by atoms with E-state index in [-0.39, 0.29) is 17.4 Å². The van der Waals surface area contributed by atoms with E-state index in [1.165, 1.54) is 22.3 Å². The number of anilines is 1. The molecule has 0 saturated carbocycles. The Morgan fingerprint density at radius 1 is 1.03 bits per heavy atom. The van der Waals surface area contributed by atoms with Crippen LogP contribution in [0.5, 0.6) is 0 Å². The zero-order chi connectivity index (χ0) is 24.7. The van der Waals surface area contributed by atoms with Gasteiger partial charge in [0.2, 0.25) is 5.91 Å². The largest absolute Gasteiger partial charge is 0.452 e. The Bertz CT molecular complexity index is 1190. The Balaban J connectivity index is 1.75. The van der Waals surface area contributed by atoms with Crippen molar-refractivity contribution in [1.29, 1.82) is 0 Å². The van der Waals surface area contributed by atoms with Crippen molar-refractivity contribution in [3.05, 3.63) is 88.3 Å². The van der Waals surface area contributed by atoms with Crippen molar-refractivity contribution in [2.45, 2.75) is 27.3 Å². The van der Waals surface area contributed by atoms with Crippen molar-refractivity contribution < 1.29 is 19.1 Å². The van der Waals surface area contributed by atoms with Gasteiger partial charge in [0.25, 0.3) is 5.91 Å². The second-order valence-electron chi connectivity index (χ2n) is 8.24. The van der Waals surface area contributed by atoms with Gasteiger partial charge in [-0.3, -0.25) is 9.59 Å². The number of amides is 2. The highest BCUT2D eigenvalue weighted by atomic mass is 32.1. The summed E-state index contributed by atoms with van der Waals surface area (Å²) in [5, 5.41) is 4.95. The number of allylic oxidation sites excluding steroid dienone is 1. The van der Waals surface area contributed by atoms with Gasteiger partial charge in [-0.05, 0) is 31.9 Å². The summed E-state index contributed by atoms with van der Waals surface area (Å²) < 4.78 is 5.40. The molecule has 176 valence electrons. The van der Waals surface area contributed by atoms with Gasteiger partial charge in [0.05, 0.1) is 0 Å². The Morgan fingerprint density at radius 2 is 1.71 bits per heavy atom. The summed E-state index contributed by atoms with van der Waals surface area (Å²) in [5.74, 6) is -1.31. The number of hydrogen-bond acceptors (Lipinski definition) is 5. The van der Waals surface area contributed by atoms with Crippen molar-refractivity contribution in [1.82, 2.24) is 4.90 Å². The molecule has 0 aliphatic heterocycles. The molecule has 34 heavy (non-hydrogen) atoms. The zero-order valence-corrected chi connectivity index (χ0v) is 20.6. The number of hydrogen-bond donors (Lipinski definition) is 1.